The van der Waals surface area contributed by atoms with Gasteiger partial charge in [0.05, 0.1) is 35.8 Å². The van der Waals surface area contributed by atoms with Crippen LogP contribution in [0.25, 0.3) is 11.3 Å². The van der Waals surface area contributed by atoms with E-state index in [9.17, 15) is 4.79 Å². The number of fused-ring (bicyclic) bond motifs is 4. The number of rotatable bonds is 5. The molecule has 2 aliphatic heterocycles. The van der Waals surface area contributed by atoms with Gasteiger partial charge in [-0.2, -0.15) is 0 Å². The van der Waals surface area contributed by atoms with Crippen molar-refractivity contribution in [2.45, 2.75) is 19.4 Å². The first-order valence-electron chi connectivity index (χ1n) is 10.9. The van der Waals surface area contributed by atoms with Crippen molar-refractivity contribution in [3.8, 4) is 17.1 Å². The lowest BCUT2D eigenvalue weighted by Gasteiger charge is -2.35. The maximum absolute atomic E-state index is 13.3. The summed E-state index contributed by atoms with van der Waals surface area (Å²) in [5, 5.41) is 2.85. The van der Waals surface area contributed by atoms with Crippen LogP contribution in [0.15, 0.2) is 48.0 Å². The van der Waals surface area contributed by atoms with Crippen LogP contribution in [0.4, 0.5) is 22.1 Å². The molecule has 1 N–H and O–H groups in total. The highest BCUT2D eigenvalue weighted by atomic mass is 16.5. The van der Waals surface area contributed by atoms with E-state index in [0.717, 1.165) is 42.0 Å². The van der Waals surface area contributed by atoms with Gasteiger partial charge in [0.1, 0.15) is 0 Å². The van der Waals surface area contributed by atoms with Crippen molar-refractivity contribution >= 4 is 29.6 Å². The van der Waals surface area contributed by atoms with E-state index in [1.165, 1.54) is 6.20 Å². The van der Waals surface area contributed by atoms with E-state index in [-0.39, 0.29) is 12.1 Å². The number of ether oxygens (including phenoxy) is 1. The third kappa shape index (κ3) is 3.95. The van der Waals surface area contributed by atoms with Gasteiger partial charge in [0.25, 0.3) is 0 Å². The third-order valence-corrected chi connectivity index (χ3v) is 5.69. The zero-order valence-corrected chi connectivity index (χ0v) is 18.5. The molecule has 10 nitrogen and oxygen atoms in total. The van der Waals surface area contributed by atoms with Crippen LogP contribution in [0.1, 0.15) is 18.9 Å². The second kappa shape index (κ2) is 8.81. The van der Waals surface area contributed by atoms with Crippen LogP contribution in [0, 0.1) is 0 Å². The highest BCUT2D eigenvalue weighted by molar-refractivity contribution is 6.04. The van der Waals surface area contributed by atoms with Crippen molar-refractivity contribution in [3.63, 3.8) is 0 Å². The molecule has 0 aliphatic carbocycles. The van der Waals surface area contributed by atoms with E-state index in [4.69, 9.17) is 9.72 Å². The Labute approximate surface area is 191 Å². The molecule has 0 saturated carbocycles. The van der Waals surface area contributed by atoms with Crippen molar-refractivity contribution in [1.82, 2.24) is 19.9 Å². The molecule has 5 heterocycles. The Morgan fingerprint density at radius 2 is 2.21 bits per heavy atom. The van der Waals surface area contributed by atoms with Gasteiger partial charge in [-0.05, 0) is 31.5 Å². The molecule has 0 spiro atoms. The number of aromatic nitrogens is 4. The molecular weight excluding hydrogens is 420 g/mol. The van der Waals surface area contributed by atoms with E-state index >= 15 is 0 Å². The lowest BCUT2D eigenvalue weighted by atomic mass is 10.1. The van der Waals surface area contributed by atoms with Crippen molar-refractivity contribution in [2.24, 2.45) is 4.99 Å². The predicted octanol–water partition coefficient (Wildman–Crippen LogP) is 3.01. The summed E-state index contributed by atoms with van der Waals surface area (Å²) in [6, 6.07) is 5.70. The molecule has 2 aliphatic rings. The molecule has 0 radical (unpaired) electrons. The molecule has 2 bridgehead atoms. The average molecular weight is 444 g/mol. The Morgan fingerprint density at radius 3 is 3.00 bits per heavy atom. The normalized spacial score (nSPS) is 16.7. The summed E-state index contributed by atoms with van der Waals surface area (Å²) >= 11 is 0. The van der Waals surface area contributed by atoms with E-state index in [1.807, 2.05) is 25.1 Å². The number of hydrogen-bond acceptors (Lipinski definition) is 8. The molecule has 33 heavy (non-hydrogen) atoms. The van der Waals surface area contributed by atoms with Crippen LogP contribution in [0.3, 0.4) is 0 Å². The van der Waals surface area contributed by atoms with Gasteiger partial charge in [-0.3, -0.25) is 20.2 Å². The molecule has 3 aromatic heterocycles. The van der Waals surface area contributed by atoms with Crippen molar-refractivity contribution < 1.29 is 9.53 Å². The molecule has 1 saturated heterocycles. The van der Waals surface area contributed by atoms with Crippen molar-refractivity contribution in [2.75, 3.05) is 41.9 Å². The molecule has 5 rings (SSSR count). The minimum atomic E-state index is -0.267. The van der Waals surface area contributed by atoms with E-state index in [2.05, 4.69) is 30.2 Å². The minimum absolute atomic E-state index is 0.0400. The molecule has 0 unspecified atom stereocenters. The van der Waals surface area contributed by atoms with Crippen LogP contribution in [-0.4, -0.2) is 65.0 Å². The standard InChI is InChI=1S/C23H24N8O2/c1-3-33-22-16(11-24-2)10-15(12-27-22)18-4-5-19-21(28-18)31(17-6-9-30(19)14-17)23(32)29-20-13-25-7-8-26-20/h4-5,7-8,10-13,17H,3,6,9,14H2,1-2H3,(H,26,29,32)/t17-/m0/s1. The quantitative estimate of drug-likeness (QED) is 0.603. The number of nitrogens with zero attached hydrogens (tertiary/aromatic N) is 7. The Bertz CT molecular complexity index is 1200. The number of anilines is 3. The van der Waals surface area contributed by atoms with E-state index in [0.29, 0.717) is 24.1 Å². The SMILES string of the molecule is CCOc1ncc(-c2ccc3c(n2)N(C(=O)Nc2cnccn2)[C@H]2CCN3C2)cc1C=NC. The molecular formula is C23H24N8O2. The van der Waals surface area contributed by atoms with Crippen LogP contribution in [0.5, 0.6) is 5.88 Å². The number of amides is 2. The lowest BCUT2D eigenvalue weighted by Crippen LogP contribution is -2.48. The average Bonchev–Trinajstić information content (AvgIpc) is 3.25. The number of hydrogen-bond donors (Lipinski definition) is 1. The molecule has 2 amide bonds. The topological polar surface area (TPSA) is 109 Å². The third-order valence-electron chi connectivity index (χ3n) is 5.69. The summed E-state index contributed by atoms with van der Waals surface area (Å²) in [4.78, 5) is 38.9. The molecule has 1 atom stereocenters. The van der Waals surface area contributed by atoms with E-state index < -0.39 is 0 Å². The highest BCUT2D eigenvalue weighted by Gasteiger charge is 2.40. The van der Waals surface area contributed by atoms with Gasteiger partial charge >= 0.3 is 6.03 Å². The fourth-order valence-electron chi connectivity index (χ4n) is 4.26. The Kier molecular flexibility index (Phi) is 5.55. The van der Waals surface area contributed by atoms with Gasteiger partial charge in [-0.1, -0.05) is 0 Å². The first-order chi connectivity index (χ1) is 16.2. The molecule has 3 aromatic rings. The first-order valence-corrected chi connectivity index (χ1v) is 10.9. The number of nitrogens with one attached hydrogen (secondary N) is 1. The van der Waals surface area contributed by atoms with Crippen molar-refractivity contribution in [3.05, 3.63) is 48.5 Å². The smallest absolute Gasteiger partial charge is 0.329 e. The summed E-state index contributed by atoms with van der Waals surface area (Å²) in [6.07, 6.45) is 8.96. The number of carbonyl (C=O) groups is 1. The van der Waals surface area contributed by atoms with Gasteiger partial charge in [-0.15, -0.1) is 0 Å². The van der Waals surface area contributed by atoms with Crippen LogP contribution in [-0.2, 0) is 0 Å². The van der Waals surface area contributed by atoms with Crippen LogP contribution < -0.4 is 19.9 Å². The summed E-state index contributed by atoms with van der Waals surface area (Å²) in [6.45, 7) is 4.10. The van der Waals surface area contributed by atoms with Crippen LogP contribution in [0.2, 0.25) is 0 Å². The monoisotopic (exact) mass is 444 g/mol. The zero-order valence-electron chi connectivity index (χ0n) is 18.5. The largest absolute Gasteiger partial charge is 0.477 e. The minimum Gasteiger partial charge on any atom is -0.477 e. The number of carbonyl (C=O) groups excluding carboxylic acids is 1. The van der Waals surface area contributed by atoms with Gasteiger partial charge in [-0.25, -0.2) is 19.7 Å². The summed E-state index contributed by atoms with van der Waals surface area (Å²) < 4.78 is 5.61. The fourth-order valence-corrected chi connectivity index (χ4v) is 4.26. The molecule has 0 aromatic carbocycles. The number of urea groups is 1. The lowest BCUT2D eigenvalue weighted by molar-refractivity contribution is 0.254. The summed E-state index contributed by atoms with van der Waals surface area (Å²) in [5.74, 6) is 1.56. The Hall–Kier alpha value is -4.08. The maximum atomic E-state index is 13.3. The van der Waals surface area contributed by atoms with E-state index in [1.54, 1.807) is 36.8 Å². The fraction of sp³-hybridized carbons (Fsp3) is 0.304. The summed E-state index contributed by atoms with van der Waals surface area (Å²) in [7, 11) is 1.71. The van der Waals surface area contributed by atoms with Crippen molar-refractivity contribution in [1.29, 1.82) is 0 Å². The molecule has 168 valence electrons. The maximum Gasteiger partial charge on any atom is 0.329 e. The zero-order chi connectivity index (χ0) is 22.8. The van der Waals surface area contributed by atoms with Crippen LogP contribution >= 0.6 is 0 Å². The number of aliphatic imine (C=N–C) groups is 1. The first kappa shape index (κ1) is 20.8. The van der Waals surface area contributed by atoms with Gasteiger partial charge in [0, 0.05) is 50.5 Å². The Balaban J connectivity index is 1.52. The predicted molar refractivity (Wildman–Crippen MR) is 126 cm³/mol. The Morgan fingerprint density at radius 1 is 1.30 bits per heavy atom. The number of pyridine rings is 2. The molecule has 1 fully saturated rings. The van der Waals surface area contributed by atoms with Gasteiger partial charge in [0.2, 0.25) is 5.88 Å². The second-order valence-electron chi connectivity index (χ2n) is 7.76. The second-order valence-corrected chi connectivity index (χ2v) is 7.76. The highest BCUT2D eigenvalue weighted by Crippen LogP contribution is 2.40. The molecule has 10 heteroatoms. The van der Waals surface area contributed by atoms with Gasteiger partial charge in [0.15, 0.2) is 11.6 Å². The van der Waals surface area contributed by atoms with Gasteiger partial charge < -0.3 is 9.64 Å². The summed E-state index contributed by atoms with van der Waals surface area (Å²) in [5.41, 5.74) is 3.25.